The van der Waals surface area contributed by atoms with E-state index in [2.05, 4.69) is 61.5 Å². The van der Waals surface area contributed by atoms with Crippen molar-refractivity contribution in [3.8, 4) is 16.9 Å². The van der Waals surface area contributed by atoms with Gasteiger partial charge < -0.3 is 9.16 Å². The molecule has 2 aliphatic carbocycles. The van der Waals surface area contributed by atoms with Crippen LogP contribution in [0.4, 0.5) is 5.69 Å². The fourth-order valence-corrected chi connectivity index (χ4v) is 13.4. The van der Waals surface area contributed by atoms with Crippen molar-refractivity contribution in [2.24, 2.45) is 4.99 Å². The van der Waals surface area contributed by atoms with Crippen LogP contribution in [-0.4, -0.2) is 21.3 Å². The number of hydrogen-bond donors (Lipinski definition) is 0. The number of aryl methyl sites for hydroxylation is 1. The van der Waals surface area contributed by atoms with Crippen molar-refractivity contribution < 1.29 is 9.16 Å². The Morgan fingerprint density at radius 1 is 0.730 bits per heavy atom. The minimum atomic E-state index is -2.48. The summed E-state index contributed by atoms with van der Waals surface area (Å²) in [6.07, 6.45) is 13.2. The van der Waals surface area contributed by atoms with Crippen molar-refractivity contribution in [2.75, 3.05) is 7.11 Å². The van der Waals surface area contributed by atoms with Gasteiger partial charge in [0, 0.05) is 10.8 Å². The minimum Gasteiger partial charge on any atom is -0.525 e. The van der Waals surface area contributed by atoms with Gasteiger partial charge in [0.1, 0.15) is 5.75 Å². The molecule has 192 valence electrons. The topological polar surface area (TPSA) is 30.8 Å². The highest BCUT2D eigenvalue weighted by Gasteiger charge is 2.57. The van der Waals surface area contributed by atoms with E-state index in [0.29, 0.717) is 11.1 Å². The zero-order valence-corrected chi connectivity index (χ0v) is 23.3. The second-order valence-corrected chi connectivity index (χ2v) is 15.1. The van der Waals surface area contributed by atoms with Crippen LogP contribution in [0.25, 0.3) is 11.1 Å². The SMILES string of the molecule is COc1ccc(C2=Nc3cccc(-c4ccccc4C)c3[Si](C3CCCCC3)(C3CCCCC3)O2)cc1. The molecule has 0 amide bonds. The molecule has 0 saturated heterocycles. The molecule has 37 heavy (non-hydrogen) atoms. The minimum absolute atomic E-state index is 0.636. The normalized spacial score (nSPS) is 20.0. The molecular weight excluding hydrogens is 470 g/mol. The average Bonchev–Trinajstić information content (AvgIpc) is 2.97. The molecule has 0 spiro atoms. The highest BCUT2D eigenvalue weighted by Crippen LogP contribution is 2.52. The zero-order chi connectivity index (χ0) is 25.2. The van der Waals surface area contributed by atoms with Gasteiger partial charge >= 0.3 is 0 Å². The van der Waals surface area contributed by atoms with Crippen LogP contribution in [-0.2, 0) is 4.43 Å². The molecule has 0 radical (unpaired) electrons. The van der Waals surface area contributed by atoms with Gasteiger partial charge in [-0.05, 0) is 90.7 Å². The summed E-state index contributed by atoms with van der Waals surface area (Å²) in [6, 6.07) is 24.0. The smallest absolute Gasteiger partial charge is 0.293 e. The predicted molar refractivity (Wildman–Crippen MR) is 156 cm³/mol. The van der Waals surface area contributed by atoms with E-state index in [0.717, 1.165) is 22.9 Å². The third kappa shape index (κ3) is 4.44. The van der Waals surface area contributed by atoms with Crippen LogP contribution < -0.4 is 9.92 Å². The van der Waals surface area contributed by atoms with Gasteiger partial charge in [-0.25, -0.2) is 4.99 Å². The molecule has 0 unspecified atom stereocenters. The monoisotopic (exact) mass is 509 g/mol. The van der Waals surface area contributed by atoms with Gasteiger partial charge in [0.05, 0.1) is 12.8 Å². The molecular formula is C33H39NO2Si. The van der Waals surface area contributed by atoms with Crippen molar-refractivity contribution in [2.45, 2.75) is 82.2 Å². The summed E-state index contributed by atoms with van der Waals surface area (Å²) in [5, 5.41) is 1.49. The van der Waals surface area contributed by atoms with Crippen molar-refractivity contribution in [1.82, 2.24) is 0 Å². The Bertz CT molecular complexity index is 1250. The first kappa shape index (κ1) is 24.5. The first-order chi connectivity index (χ1) is 18.2. The number of hydrogen-bond acceptors (Lipinski definition) is 3. The molecule has 0 N–H and O–H groups in total. The first-order valence-corrected chi connectivity index (χ1v) is 16.4. The van der Waals surface area contributed by atoms with E-state index in [9.17, 15) is 0 Å². The third-order valence-corrected chi connectivity index (χ3v) is 14.5. The molecule has 6 rings (SSSR count). The third-order valence-electron chi connectivity index (χ3n) is 9.12. The second-order valence-electron chi connectivity index (χ2n) is 11.2. The molecule has 0 atom stereocenters. The molecule has 2 fully saturated rings. The lowest BCUT2D eigenvalue weighted by Gasteiger charge is -2.49. The fourth-order valence-electron chi connectivity index (χ4n) is 7.31. The maximum atomic E-state index is 7.59. The van der Waals surface area contributed by atoms with Crippen molar-refractivity contribution in [3.05, 3.63) is 77.9 Å². The van der Waals surface area contributed by atoms with Gasteiger partial charge in [-0.1, -0.05) is 74.9 Å². The zero-order valence-electron chi connectivity index (χ0n) is 22.3. The second kappa shape index (κ2) is 10.5. The number of benzene rings is 3. The molecule has 2 saturated carbocycles. The maximum absolute atomic E-state index is 7.59. The highest BCUT2D eigenvalue weighted by molar-refractivity contribution is 6.92. The Labute approximate surface area is 223 Å². The summed E-state index contributed by atoms with van der Waals surface area (Å²) in [7, 11) is -0.762. The van der Waals surface area contributed by atoms with Crippen LogP contribution in [0.15, 0.2) is 71.7 Å². The number of methoxy groups -OCH3 is 1. The molecule has 1 heterocycles. The fraction of sp³-hybridized carbons (Fsp3) is 0.424. The number of ether oxygens (including phenoxy) is 1. The maximum Gasteiger partial charge on any atom is 0.293 e. The van der Waals surface area contributed by atoms with E-state index in [1.54, 1.807) is 7.11 Å². The lowest BCUT2D eigenvalue weighted by Crippen LogP contribution is -2.62. The van der Waals surface area contributed by atoms with Crippen LogP contribution in [0.5, 0.6) is 5.75 Å². The van der Waals surface area contributed by atoms with Crippen LogP contribution in [0.1, 0.15) is 75.3 Å². The predicted octanol–water partition coefficient (Wildman–Crippen LogP) is 8.60. The van der Waals surface area contributed by atoms with Crippen LogP contribution in [0, 0.1) is 6.92 Å². The summed E-state index contributed by atoms with van der Waals surface area (Å²) >= 11 is 0. The molecule has 1 aliphatic heterocycles. The van der Waals surface area contributed by atoms with Gasteiger partial charge in [0.15, 0.2) is 0 Å². The van der Waals surface area contributed by atoms with Gasteiger partial charge in [-0.15, -0.1) is 0 Å². The summed E-state index contributed by atoms with van der Waals surface area (Å²) in [5.74, 6) is 1.70. The number of fused-ring (bicyclic) bond motifs is 1. The summed E-state index contributed by atoms with van der Waals surface area (Å²) in [5.41, 5.74) is 7.53. The average molecular weight is 510 g/mol. The van der Waals surface area contributed by atoms with Crippen LogP contribution in [0.2, 0.25) is 11.1 Å². The Hall–Kier alpha value is -2.85. The van der Waals surface area contributed by atoms with Gasteiger partial charge in [-0.2, -0.15) is 0 Å². The van der Waals surface area contributed by atoms with Gasteiger partial charge in [0.25, 0.3) is 8.32 Å². The van der Waals surface area contributed by atoms with Gasteiger partial charge in [-0.3, -0.25) is 0 Å². The van der Waals surface area contributed by atoms with Crippen molar-refractivity contribution in [3.63, 3.8) is 0 Å². The number of nitrogens with zero attached hydrogens (tertiary/aromatic N) is 1. The molecule has 3 aliphatic rings. The molecule has 0 aromatic heterocycles. The van der Waals surface area contributed by atoms with E-state index < -0.39 is 8.32 Å². The molecule has 3 nitrogen and oxygen atoms in total. The summed E-state index contributed by atoms with van der Waals surface area (Å²) in [4.78, 5) is 5.26. The Balaban J connectivity index is 1.61. The first-order valence-electron chi connectivity index (χ1n) is 14.3. The Morgan fingerprint density at radius 2 is 1.35 bits per heavy atom. The van der Waals surface area contributed by atoms with Gasteiger partial charge in [0.2, 0.25) is 5.90 Å². The van der Waals surface area contributed by atoms with E-state index in [4.69, 9.17) is 14.2 Å². The highest BCUT2D eigenvalue weighted by atomic mass is 28.4. The molecule has 3 aromatic carbocycles. The quantitative estimate of drug-likeness (QED) is 0.322. The van der Waals surface area contributed by atoms with E-state index in [1.165, 1.54) is 86.1 Å². The van der Waals surface area contributed by atoms with Crippen LogP contribution >= 0.6 is 0 Å². The molecule has 4 heteroatoms. The molecule has 3 aromatic rings. The molecule has 0 bridgehead atoms. The summed E-state index contributed by atoms with van der Waals surface area (Å²) < 4.78 is 13.0. The van der Waals surface area contributed by atoms with E-state index in [1.807, 2.05) is 12.1 Å². The Morgan fingerprint density at radius 3 is 1.97 bits per heavy atom. The van der Waals surface area contributed by atoms with E-state index in [-0.39, 0.29) is 0 Å². The Kier molecular flexibility index (Phi) is 6.94. The lowest BCUT2D eigenvalue weighted by molar-refractivity contribution is 0.388. The van der Waals surface area contributed by atoms with Crippen molar-refractivity contribution >= 4 is 25.1 Å². The number of rotatable bonds is 5. The standard InChI is InChI=1S/C33H39NO2Si/c1-24-12-9-10-17-29(24)30-18-11-19-31-32(30)37(27-13-5-3-6-14-27,28-15-7-4-8-16-28)36-33(34-31)25-20-22-26(35-2)23-21-25/h9-12,17-23,27-28H,3-8,13-16H2,1-2H3. The summed E-state index contributed by atoms with van der Waals surface area (Å²) in [6.45, 7) is 2.24. The van der Waals surface area contributed by atoms with Crippen LogP contribution in [0.3, 0.4) is 0 Å². The van der Waals surface area contributed by atoms with Crippen molar-refractivity contribution in [1.29, 1.82) is 0 Å². The lowest BCUT2D eigenvalue weighted by atomic mass is 9.99. The van der Waals surface area contributed by atoms with E-state index >= 15 is 0 Å². The number of aliphatic imine (C=N–C) groups is 1. The largest absolute Gasteiger partial charge is 0.525 e.